The molecule has 1 aliphatic rings. The van der Waals surface area contributed by atoms with Gasteiger partial charge in [0.2, 0.25) is 0 Å². The molecular formula is C17H16FNO. The third-order valence-corrected chi connectivity index (χ3v) is 3.69. The SMILES string of the molecule is O=C(c1ccc(N2CCCC2)cc1)c1cccc(F)c1. The quantitative estimate of drug-likeness (QED) is 0.793. The molecule has 3 rings (SSSR count). The molecule has 2 aromatic rings. The fourth-order valence-corrected chi connectivity index (χ4v) is 2.60. The lowest BCUT2D eigenvalue weighted by atomic mass is 10.0. The first-order chi connectivity index (χ1) is 9.74. The highest BCUT2D eigenvalue weighted by Crippen LogP contribution is 2.21. The molecule has 0 atom stereocenters. The van der Waals surface area contributed by atoms with Gasteiger partial charge >= 0.3 is 0 Å². The van der Waals surface area contributed by atoms with Crippen LogP contribution in [0.25, 0.3) is 0 Å². The van der Waals surface area contributed by atoms with Crippen LogP contribution in [-0.2, 0) is 0 Å². The van der Waals surface area contributed by atoms with E-state index >= 15 is 0 Å². The smallest absolute Gasteiger partial charge is 0.193 e. The van der Waals surface area contributed by atoms with Gasteiger partial charge in [-0.05, 0) is 49.2 Å². The molecule has 0 saturated carbocycles. The summed E-state index contributed by atoms with van der Waals surface area (Å²) >= 11 is 0. The van der Waals surface area contributed by atoms with E-state index in [2.05, 4.69) is 4.90 Å². The molecule has 1 fully saturated rings. The zero-order valence-corrected chi connectivity index (χ0v) is 11.2. The summed E-state index contributed by atoms with van der Waals surface area (Å²) in [5.74, 6) is -0.526. The zero-order valence-electron chi connectivity index (χ0n) is 11.2. The van der Waals surface area contributed by atoms with Crippen molar-refractivity contribution in [2.24, 2.45) is 0 Å². The van der Waals surface area contributed by atoms with Crippen LogP contribution in [0.3, 0.4) is 0 Å². The van der Waals surface area contributed by atoms with Gasteiger partial charge in [0.15, 0.2) is 5.78 Å². The van der Waals surface area contributed by atoms with E-state index in [9.17, 15) is 9.18 Å². The molecule has 102 valence electrons. The Morgan fingerprint density at radius 1 is 0.950 bits per heavy atom. The van der Waals surface area contributed by atoms with Crippen LogP contribution in [0.5, 0.6) is 0 Å². The standard InChI is InChI=1S/C17H16FNO/c18-15-5-3-4-14(12-15)17(20)13-6-8-16(9-7-13)19-10-1-2-11-19/h3-9,12H,1-2,10-11H2. The Bertz CT molecular complexity index is 615. The highest BCUT2D eigenvalue weighted by atomic mass is 19.1. The second kappa shape index (κ2) is 5.45. The summed E-state index contributed by atoms with van der Waals surface area (Å²) in [7, 11) is 0. The maximum Gasteiger partial charge on any atom is 0.193 e. The summed E-state index contributed by atoms with van der Waals surface area (Å²) in [6, 6.07) is 13.4. The Morgan fingerprint density at radius 2 is 1.65 bits per heavy atom. The van der Waals surface area contributed by atoms with Crippen LogP contribution in [0.1, 0.15) is 28.8 Å². The molecule has 0 bridgehead atoms. The van der Waals surface area contributed by atoms with Crippen LogP contribution in [0, 0.1) is 5.82 Å². The number of halogens is 1. The highest BCUT2D eigenvalue weighted by Gasteiger charge is 2.14. The predicted molar refractivity (Wildman–Crippen MR) is 77.7 cm³/mol. The third-order valence-electron chi connectivity index (χ3n) is 3.69. The lowest BCUT2D eigenvalue weighted by Gasteiger charge is -2.17. The van der Waals surface area contributed by atoms with E-state index in [-0.39, 0.29) is 11.6 Å². The average molecular weight is 269 g/mol. The van der Waals surface area contributed by atoms with Gasteiger partial charge in [-0.25, -0.2) is 4.39 Å². The molecule has 0 radical (unpaired) electrons. The second-order valence-electron chi connectivity index (χ2n) is 5.08. The minimum absolute atomic E-state index is 0.141. The summed E-state index contributed by atoms with van der Waals surface area (Å²) in [6.07, 6.45) is 2.45. The summed E-state index contributed by atoms with van der Waals surface area (Å²) in [6.45, 7) is 2.16. The number of nitrogens with zero attached hydrogens (tertiary/aromatic N) is 1. The van der Waals surface area contributed by atoms with Crippen LogP contribution in [0.2, 0.25) is 0 Å². The first kappa shape index (κ1) is 12.9. The maximum atomic E-state index is 13.2. The Morgan fingerprint density at radius 3 is 2.30 bits per heavy atom. The molecule has 0 unspecified atom stereocenters. The van der Waals surface area contributed by atoms with Crippen molar-refractivity contribution >= 4 is 11.5 Å². The van der Waals surface area contributed by atoms with Gasteiger partial charge in [0, 0.05) is 29.9 Å². The van der Waals surface area contributed by atoms with Gasteiger partial charge < -0.3 is 4.90 Å². The molecule has 1 heterocycles. The van der Waals surface area contributed by atoms with Crippen molar-refractivity contribution in [1.82, 2.24) is 0 Å². The number of benzene rings is 2. The van der Waals surface area contributed by atoms with Gasteiger partial charge in [0.25, 0.3) is 0 Å². The first-order valence-corrected chi connectivity index (χ1v) is 6.89. The van der Waals surface area contributed by atoms with E-state index in [0.29, 0.717) is 11.1 Å². The molecule has 0 N–H and O–H groups in total. The predicted octanol–water partition coefficient (Wildman–Crippen LogP) is 3.66. The maximum absolute atomic E-state index is 13.2. The molecule has 2 aromatic carbocycles. The van der Waals surface area contributed by atoms with E-state index in [1.54, 1.807) is 12.1 Å². The summed E-state index contributed by atoms with van der Waals surface area (Å²) in [5, 5.41) is 0. The number of ketones is 1. The Kier molecular flexibility index (Phi) is 3.50. The van der Waals surface area contributed by atoms with Crippen molar-refractivity contribution in [2.45, 2.75) is 12.8 Å². The van der Waals surface area contributed by atoms with Crippen molar-refractivity contribution in [2.75, 3.05) is 18.0 Å². The van der Waals surface area contributed by atoms with Crippen LogP contribution >= 0.6 is 0 Å². The number of anilines is 1. The van der Waals surface area contributed by atoms with E-state index in [0.717, 1.165) is 18.8 Å². The Labute approximate surface area is 117 Å². The second-order valence-corrected chi connectivity index (χ2v) is 5.08. The van der Waals surface area contributed by atoms with Gasteiger partial charge in [-0.1, -0.05) is 12.1 Å². The Balaban J connectivity index is 1.82. The number of hydrogen-bond acceptors (Lipinski definition) is 2. The molecule has 1 saturated heterocycles. The fourth-order valence-electron chi connectivity index (χ4n) is 2.60. The van der Waals surface area contributed by atoms with Crippen molar-refractivity contribution < 1.29 is 9.18 Å². The monoisotopic (exact) mass is 269 g/mol. The largest absolute Gasteiger partial charge is 0.372 e. The number of rotatable bonds is 3. The first-order valence-electron chi connectivity index (χ1n) is 6.89. The minimum atomic E-state index is -0.385. The molecule has 0 amide bonds. The normalized spacial score (nSPS) is 14.6. The topological polar surface area (TPSA) is 20.3 Å². The molecule has 1 aliphatic heterocycles. The fraction of sp³-hybridized carbons (Fsp3) is 0.235. The molecule has 0 aliphatic carbocycles. The highest BCUT2D eigenvalue weighted by molar-refractivity contribution is 6.09. The van der Waals surface area contributed by atoms with Gasteiger partial charge in [-0.15, -0.1) is 0 Å². The van der Waals surface area contributed by atoms with Crippen molar-refractivity contribution in [3.63, 3.8) is 0 Å². The van der Waals surface area contributed by atoms with Crippen LogP contribution in [0.15, 0.2) is 48.5 Å². The number of carbonyl (C=O) groups is 1. The molecule has 0 spiro atoms. The van der Waals surface area contributed by atoms with Gasteiger partial charge in [0.1, 0.15) is 5.82 Å². The van der Waals surface area contributed by atoms with Crippen LogP contribution in [-0.4, -0.2) is 18.9 Å². The van der Waals surface area contributed by atoms with Crippen molar-refractivity contribution in [1.29, 1.82) is 0 Å². The van der Waals surface area contributed by atoms with Crippen LogP contribution < -0.4 is 4.90 Å². The van der Waals surface area contributed by atoms with E-state index in [1.165, 1.54) is 25.0 Å². The van der Waals surface area contributed by atoms with Gasteiger partial charge in [-0.3, -0.25) is 4.79 Å². The minimum Gasteiger partial charge on any atom is -0.372 e. The molecule has 20 heavy (non-hydrogen) atoms. The van der Waals surface area contributed by atoms with E-state index in [4.69, 9.17) is 0 Å². The lowest BCUT2D eigenvalue weighted by molar-refractivity contribution is 0.103. The Hall–Kier alpha value is -2.16. The molecule has 2 nitrogen and oxygen atoms in total. The van der Waals surface area contributed by atoms with Crippen LogP contribution in [0.4, 0.5) is 10.1 Å². The summed E-state index contributed by atoms with van der Waals surface area (Å²) < 4.78 is 13.2. The van der Waals surface area contributed by atoms with Crippen molar-refractivity contribution in [3.8, 4) is 0 Å². The third kappa shape index (κ3) is 2.57. The summed E-state index contributed by atoms with van der Waals surface area (Å²) in [5.41, 5.74) is 2.13. The summed E-state index contributed by atoms with van der Waals surface area (Å²) in [4.78, 5) is 14.6. The van der Waals surface area contributed by atoms with Gasteiger partial charge in [-0.2, -0.15) is 0 Å². The van der Waals surface area contributed by atoms with Gasteiger partial charge in [0.05, 0.1) is 0 Å². The number of carbonyl (C=O) groups excluding carboxylic acids is 1. The number of hydrogen-bond donors (Lipinski definition) is 0. The van der Waals surface area contributed by atoms with E-state index in [1.807, 2.05) is 24.3 Å². The average Bonchev–Trinajstić information content (AvgIpc) is 3.01. The zero-order chi connectivity index (χ0) is 13.9. The molecule has 0 aromatic heterocycles. The van der Waals surface area contributed by atoms with Crippen molar-refractivity contribution in [3.05, 3.63) is 65.5 Å². The lowest BCUT2D eigenvalue weighted by Crippen LogP contribution is -2.17. The molecular weight excluding hydrogens is 253 g/mol. The van der Waals surface area contributed by atoms with E-state index < -0.39 is 0 Å². The molecule has 3 heteroatoms.